The molecule has 2 atom stereocenters. The third-order valence-corrected chi connectivity index (χ3v) is 9.88. The van der Waals surface area contributed by atoms with Gasteiger partial charge in [-0.15, -0.1) is 0 Å². The van der Waals surface area contributed by atoms with E-state index in [2.05, 4.69) is 10.4 Å². The van der Waals surface area contributed by atoms with E-state index >= 15 is 8.78 Å². The Hall–Kier alpha value is -4.16. The van der Waals surface area contributed by atoms with Crippen LogP contribution in [0.3, 0.4) is 0 Å². The summed E-state index contributed by atoms with van der Waals surface area (Å²) in [6.45, 7) is 1.65. The number of amides is 3. The number of rotatable bonds is 5. The number of benzene rings is 2. The molecule has 0 radical (unpaired) electrons. The second-order valence-electron chi connectivity index (χ2n) is 12.5. The molecule has 1 N–H and O–H groups in total. The summed E-state index contributed by atoms with van der Waals surface area (Å²) < 4.78 is 45.6. The molecule has 228 valence electrons. The maximum absolute atomic E-state index is 16.2. The average molecular weight is 604 g/mol. The molecular weight excluding hydrogens is 572 g/mol. The van der Waals surface area contributed by atoms with Crippen molar-refractivity contribution in [2.45, 2.75) is 55.8 Å². The van der Waals surface area contributed by atoms with Gasteiger partial charge in [0.25, 0.3) is 11.8 Å². The quantitative estimate of drug-likeness (QED) is 0.447. The summed E-state index contributed by atoms with van der Waals surface area (Å²) in [5.41, 5.74) is 2.73. The predicted octanol–water partition coefficient (Wildman–Crippen LogP) is 3.05. The molecule has 0 saturated carbocycles. The number of piperidine rings is 2. The van der Waals surface area contributed by atoms with E-state index in [0.717, 1.165) is 16.7 Å². The van der Waals surface area contributed by atoms with Gasteiger partial charge in [-0.1, -0.05) is 24.3 Å². The normalized spacial score (nSPS) is 26.4. The molecule has 3 fully saturated rings. The van der Waals surface area contributed by atoms with E-state index in [9.17, 15) is 14.4 Å². The Labute approximate surface area is 251 Å². The number of alkyl halides is 2. The van der Waals surface area contributed by atoms with E-state index in [1.54, 1.807) is 17.0 Å². The fourth-order valence-corrected chi connectivity index (χ4v) is 7.29. The zero-order chi connectivity index (χ0) is 30.2. The first kappa shape index (κ1) is 27.4. The lowest BCUT2D eigenvalue weighted by molar-refractivity contribution is -0.137. The van der Waals surface area contributed by atoms with Crippen LogP contribution in [0, 0.1) is 0 Å². The van der Waals surface area contributed by atoms with Crippen LogP contribution in [0.25, 0.3) is 11.1 Å². The molecule has 12 heteroatoms. The van der Waals surface area contributed by atoms with Crippen LogP contribution in [-0.4, -0.2) is 82.2 Å². The van der Waals surface area contributed by atoms with Crippen LogP contribution in [0.4, 0.5) is 8.78 Å². The molecular formula is C32H31F2N5O5. The monoisotopic (exact) mass is 603 g/mol. The van der Waals surface area contributed by atoms with Crippen molar-refractivity contribution in [3.05, 3.63) is 71.0 Å². The number of imide groups is 1. The van der Waals surface area contributed by atoms with Crippen molar-refractivity contribution in [1.29, 1.82) is 0 Å². The second-order valence-corrected chi connectivity index (χ2v) is 12.5. The van der Waals surface area contributed by atoms with Crippen molar-refractivity contribution < 1.29 is 32.6 Å². The van der Waals surface area contributed by atoms with E-state index < -0.39 is 29.8 Å². The number of ether oxygens (including phenoxy) is 2. The molecule has 44 heavy (non-hydrogen) atoms. The van der Waals surface area contributed by atoms with Crippen molar-refractivity contribution in [2.24, 2.45) is 0 Å². The summed E-state index contributed by atoms with van der Waals surface area (Å²) in [6, 6.07) is 10.6. The number of aromatic nitrogens is 2. The van der Waals surface area contributed by atoms with Crippen LogP contribution in [0.1, 0.15) is 52.4 Å². The standard InChI is InChI=1S/C32H31F2N5O5/c33-32(34)17-37(12-19-2-1-3-20(10-19)21-11-35-39(13-21)22-15-43-16-22)9-8-31(32)18-44-28-24-14-38(26-6-7-27(40)36-29(26)41)30(42)23(24)4-5-25(28)31/h1-5,10-11,13,22,26H,6-9,12,14-18H2,(H,36,40,41)/t26-,31-/m0/s1. The van der Waals surface area contributed by atoms with Gasteiger partial charge in [0.1, 0.15) is 18.4 Å². The van der Waals surface area contributed by atoms with Crippen LogP contribution in [-0.2, 0) is 32.8 Å². The molecule has 3 amide bonds. The Balaban J connectivity index is 0.997. The highest BCUT2D eigenvalue weighted by atomic mass is 19.3. The van der Waals surface area contributed by atoms with E-state index in [-0.39, 0.29) is 50.3 Å². The van der Waals surface area contributed by atoms with Gasteiger partial charge in [0.2, 0.25) is 11.8 Å². The number of hydrogen-bond acceptors (Lipinski definition) is 7. The number of likely N-dealkylation sites (tertiary alicyclic amines) is 1. The second kappa shape index (κ2) is 9.93. The minimum absolute atomic E-state index is 0.0844. The van der Waals surface area contributed by atoms with Gasteiger partial charge in [0, 0.05) is 41.4 Å². The summed E-state index contributed by atoms with van der Waals surface area (Å²) in [5.74, 6) is -3.98. The van der Waals surface area contributed by atoms with Crippen molar-refractivity contribution in [3.63, 3.8) is 0 Å². The van der Waals surface area contributed by atoms with Gasteiger partial charge >= 0.3 is 0 Å². The van der Waals surface area contributed by atoms with Gasteiger partial charge < -0.3 is 14.4 Å². The number of nitrogens with zero attached hydrogens (tertiary/aromatic N) is 4. The van der Waals surface area contributed by atoms with E-state index in [1.807, 2.05) is 41.3 Å². The van der Waals surface area contributed by atoms with Crippen molar-refractivity contribution in [3.8, 4) is 16.9 Å². The molecule has 3 saturated heterocycles. The SMILES string of the molecule is O=C1CC[C@H](N2Cc3c(ccc4c3OC[C@@]43CCN(Cc4cccc(-c5cnn(C6COC6)c5)c4)CC3(F)F)C2=O)C(=O)N1. The van der Waals surface area contributed by atoms with Gasteiger partial charge in [-0.25, -0.2) is 8.78 Å². The van der Waals surface area contributed by atoms with Crippen molar-refractivity contribution >= 4 is 17.7 Å². The van der Waals surface area contributed by atoms with Crippen molar-refractivity contribution in [2.75, 3.05) is 32.9 Å². The summed E-state index contributed by atoms with van der Waals surface area (Å²) in [4.78, 5) is 40.5. The van der Waals surface area contributed by atoms with Gasteiger partial charge in [-0.05, 0) is 42.6 Å². The Morgan fingerprint density at radius 3 is 2.73 bits per heavy atom. The summed E-state index contributed by atoms with van der Waals surface area (Å²) in [6.07, 6.45) is 4.39. The molecule has 1 spiro atoms. The number of carbonyl (C=O) groups is 3. The molecule has 1 aromatic heterocycles. The first-order chi connectivity index (χ1) is 21.2. The minimum Gasteiger partial charge on any atom is -0.492 e. The third kappa shape index (κ3) is 4.18. The lowest BCUT2D eigenvalue weighted by Gasteiger charge is -2.44. The lowest BCUT2D eigenvalue weighted by Crippen LogP contribution is -2.58. The molecule has 5 aliphatic heterocycles. The van der Waals surface area contributed by atoms with E-state index in [4.69, 9.17) is 9.47 Å². The topological polar surface area (TPSA) is 106 Å². The Morgan fingerprint density at radius 2 is 1.95 bits per heavy atom. The summed E-state index contributed by atoms with van der Waals surface area (Å²) >= 11 is 0. The van der Waals surface area contributed by atoms with Crippen LogP contribution in [0.5, 0.6) is 5.75 Å². The summed E-state index contributed by atoms with van der Waals surface area (Å²) in [5, 5.41) is 6.75. The fourth-order valence-electron chi connectivity index (χ4n) is 7.29. The fraction of sp³-hybridized carbons (Fsp3) is 0.438. The molecule has 6 heterocycles. The van der Waals surface area contributed by atoms with Crippen LogP contribution in [0.2, 0.25) is 0 Å². The van der Waals surface area contributed by atoms with Gasteiger partial charge in [-0.3, -0.25) is 29.3 Å². The Bertz CT molecular complexity index is 1700. The zero-order valence-electron chi connectivity index (χ0n) is 23.9. The number of fused-ring (bicyclic) bond motifs is 4. The van der Waals surface area contributed by atoms with Gasteiger partial charge in [-0.2, -0.15) is 5.10 Å². The minimum atomic E-state index is -3.08. The highest BCUT2D eigenvalue weighted by molar-refractivity contribution is 6.05. The predicted molar refractivity (Wildman–Crippen MR) is 152 cm³/mol. The molecule has 8 rings (SSSR count). The first-order valence-electron chi connectivity index (χ1n) is 15.0. The molecule has 3 aromatic rings. The van der Waals surface area contributed by atoms with Gasteiger partial charge in [0.15, 0.2) is 0 Å². The molecule has 5 aliphatic rings. The van der Waals surface area contributed by atoms with Crippen LogP contribution in [0.15, 0.2) is 48.8 Å². The maximum Gasteiger partial charge on any atom is 0.273 e. The zero-order valence-corrected chi connectivity index (χ0v) is 23.9. The highest BCUT2D eigenvalue weighted by Crippen LogP contribution is 2.55. The Morgan fingerprint density at radius 1 is 1.09 bits per heavy atom. The molecule has 2 aromatic carbocycles. The third-order valence-electron chi connectivity index (χ3n) is 9.88. The average Bonchev–Trinajstić information content (AvgIpc) is 3.67. The molecule has 10 nitrogen and oxygen atoms in total. The summed E-state index contributed by atoms with van der Waals surface area (Å²) in [7, 11) is 0. The Kier molecular flexibility index (Phi) is 6.18. The maximum atomic E-state index is 16.2. The highest BCUT2D eigenvalue weighted by Gasteiger charge is 2.62. The number of hydrogen-bond donors (Lipinski definition) is 1. The van der Waals surface area contributed by atoms with Gasteiger partial charge in [0.05, 0.1) is 44.0 Å². The smallest absolute Gasteiger partial charge is 0.273 e. The van der Waals surface area contributed by atoms with Crippen LogP contribution >= 0.6 is 0 Å². The van der Waals surface area contributed by atoms with Crippen LogP contribution < -0.4 is 10.1 Å². The molecule has 0 unspecified atom stereocenters. The molecule has 0 aliphatic carbocycles. The van der Waals surface area contributed by atoms with E-state index in [0.29, 0.717) is 48.7 Å². The largest absolute Gasteiger partial charge is 0.492 e. The van der Waals surface area contributed by atoms with Crippen molar-refractivity contribution in [1.82, 2.24) is 24.9 Å². The number of nitrogens with one attached hydrogen (secondary N) is 1. The lowest BCUT2D eigenvalue weighted by atomic mass is 9.71. The molecule has 0 bridgehead atoms. The number of halogens is 2. The number of carbonyl (C=O) groups excluding carboxylic acids is 3. The van der Waals surface area contributed by atoms with E-state index in [1.165, 1.54) is 4.90 Å². The first-order valence-corrected chi connectivity index (χ1v) is 15.0.